The first-order chi connectivity index (χ1) is 14.0. The lowest BCUT2D eigenvalue weighted by atomic mass is 10.1. The molecular formula is C23H22N2O4. The summed E-state index contributed by atoms with van der Waals surface area (Å²) in [5.74, 6) is 0.313. The SMILES string of the molecule is COc1cc(OC)cc(C(=O)Nc2ccccc2C(=O)Nc2cccc(C)c2)c1. The summed E-state index contributed by atoms with van der Waals surface area (Å²) in [4.78, 5) is 25.5. The minimum absolute atomic E-state index is 0.310. The third kappa shape index (κ3) is 4.93. The van der Waals surface area contributed by atoms with E-state index in [-0.39, 0.29) is 11.8 Å². The highest BCUT2D eigenvalue weighted by Gasteiger charge is 2.16. The first-order valence-corrected chi connectivity index (χ1v) is 9.01. The molecule has 0 heterocycles. The van der Waals surface area contributed by atoms with Crippen LogP contribution in [0.25, 0.3) is 0 Å². The Morgan fingerprint density at radius 1 is 0.759 bits per heavy atom. The maximum Gasteiger partial charge on any atom is 0.257 e. The molecule has 0 fully saturated rings. The molecule has 2 amide bonds. The van der Waals surface area contributed by atoms with E-state index in [9.17, 15) is 9.59 Å². The van der Waals surface area contributed by atoms with Crippen LogP contribution in [-0.2, 0) is 0 Å². The van der Waals surface area contributed by atoms with Gasteiger partial charge in [0.25, 0.3) is 11.8 Å². The molecule has 0 aliphatic carbocycles. The van der Waals surface area contributed by atoms with Crippen molar-refractivity contribution in [3.63, 3.8) is 0 Å². The number of amides is 2. The molecule has 0 aliphatic rings. The molecule has 0 aliphatic heterocycles. The molecule has 0 saturated heterocycles. The fourth-order valence-electron chi connectivity index (χ4n) is 2.84. The molecule has 3 aromatic rings. The lowest BCUT2D eigenvalue weighted by Crippen LogP contribution is -2.18. The highest BCUT2D eigenvalue weighted by atomic mass is 16.5. The zero-order valence-corrected chi connectivity index (χ0v) is 16.5. The van der Waals surface area contributed by atoms with Gasteiger partial charge in [-0.1, -0.05) is 24.3 Å². The number of para-hydroxylation sites is 1. The van der Waals surface area contributed by atoms with Crippen LogP contribution in [0.1, 0.15) is 26.3 Å². The molecule has 6 heteroatoms. The number of carbonyl (C=O) groups excluding carboxylic acids is 2. The highest BCUT2D eigenvalue weighted by molar-refractivity contribution is 6.12. The Kier molecular flexibility index (Phi) is 6.14. The highest BCUT2D eigenvalue weighted by Crippen LogP contribution is 2.24. The predicted molar refractivity (Wildman–Crippen MR) is 113 cm³/mol. The average Bonchev–Trinajstić information content (AvgIpc) is 2.73. The first kappa shape index (κ1) is 19.9. The Hall–Kier alpha value is -3.80. The summed E-state index contributed by atoms with van der Waals surface area (Å²) < 4.78 is 10.4. The van der Waals surface area contributed by atoms with Crippen LogP contribution in [0.2, 0.25) is 0 Å². The molecule has 2 N–H and O–H groups in total. The second-order valence-corrected chi connectivity index (χ2v) is 6.42. The van der Waals surface area contributed by atoms with Crippen molar-refractivity contribution >= 4 is 23.2 Å². The zero-order chi connectivity index (χ0) is 20.8. The van der Waals surface area contributed by atoms with Crippen LogP contribution in [0.4, 0.5) is 11.4 Å². The van der Waals surface area contributed by atoms with E-state index in [2.05, 4.69) is 10.6 Å². The maximum absolute atomic E-state index is 12.8. The number of aryl methyl sites for hydroxylation is 1. The molecule has 3 aromatic carbocycles. The van der Waals surface area contributed by atoms with Crippen LogP contribution in [0, 0.1) is 6.92 Å². The van der Waals surface area contributed by atoms with Crippen molar-refractivity contribution in [2.45, 2.75) is 6.92 Å². The van der Waals surface area contributed by atoms with Gasteiger partial charge in [-0.2, -0.15) is 0 Å². The van der Waals surface area contributed by atoms with Crippen LogP contribution < -0.4 is 20.1 Å². The summed E-state index contributed by atoms with van der Waals surface area (Å²) in [6.45, 7) is 1.95. The molecule has 3 rings (SSSR count). The third-order valence-electron chi connectivity index (χ3n) is 4.31. The van der Waals surface area contributed by atoms with Crippen molar-refractivity contribution in [2.75, 3.05) is 24.9 Å². The van der Waals surface area contributed by atoms with Gasteiger partial charge in [-0.05, 0) is 48.9 Å². The standard InChI is InChI=1S/C23H22N2O4/c1-15-7-6-8-17(11-15)24-23(27)20-9-4-5-10-21(20)25-22(26)16-12-18(28-2)14-19(13-16)29-3/h4-14H,1-3H3,(H,24,27)(H,25,26). The summed E-state index contributed by atoms with van der Waals surface area (Å²) >= 11 is 0. The van der Waals surface area contributed by atoms with Crippen LogP contribution in [0.15, 0.2) is 66.7 Å². The number of rotatable bonds is 6. The van der Waals surface area contributed by atoms with E-state index in [4.69, 9.17) is 9.47 Å². The first-order valence-electron chi connectivity index (χ1n) is 9.01. The van der Waals surface area contributed by atoms with Gasteiger partial charge in [0.05, 0.1) is 25.5 Å². The van der Waals surface area contributed by atoms with E-state index in [1.165, 1.54) is 14.2 Å². The van der Waals surface area contributed by atoms with Gasteiger partial charge in [0.2, 0.25) is 0 Å². The molecule has 29 heavy (non-hydrogen) atoms. The van der Waals surface area contributed by atoms with Crippen molar-refractivity contribution in [1.82, 2.24) is 0 Å². The van der Waals surface area contributed by atoms with Gasteiger partial charge < -0.3 is 20.1 Å². The largest absolute Gasteiger partial charge is 0.497 e. The Morgan fingerprint density at radius 2 is 1.45 bits per heavy atom. The van der Waals surface area contributed by atoms with Gasteiger partial charge in [0, 0.05) is 17.3 Å². The number of methoxy groups -OCH3 is 2. The second-order valence-electron chi connectivity index (χ2n) is 6.42. The van der Waals surface area contributed by atoms with Gasteiger partial charge in [0.15, 0.2) is 0 Å². The lowest BCUT2D eigenvalue weighted by Gasteiger charge is -2.13. The Bertz CT molecular complexity index is 1020. The van der Waals surface area contributed by atoms with Crippen molar-refractivity contribution in [3.8, 4) is 11.5 Å². The summed E-state index contributed by atoms with van der Waals surface area (Å²) in [6, 6.07) is 19.2. The van der Waals surface area contributed by atoms with Gasteiger partial charge in [-0.3, -0.25) is 9.59 Å². The van der Waals surface area contributed by atoms with E-state index >= 15 is 0 Å². The minimum atomic E-state index is -0.377. The normalized spacial score (nSPS) is 10.2. The fourth-order valence-corrected chi connectivity index (χ4v) is 2.84. The quantitative estimate of drug-likeness (QED) is 0.649. The van der Waals surface area contributed by atoms with E-state index in [0.717, 1.165) is 5.56 Å². The zero-order valence-electron chi connectivity index (χ0n) is 16.5. The minimum Gasteiger partial charge on any atom is -0.497 e. The van der Waals surface area contributed by atoms with Gasteiger partial charge in [-0.25, -0.2) is 0 Å². The smallest absolute Gasteiger partial charge is 0.257 e. The van der Waals surface area contributed by atoms with E-state index in [0.29, 0.717) is 34.0 Å². The lowest BCUT2D eigenvalue weighted by molar-refractivity contribution is 0.102. The summed E-state index contributed by atoms with van der Waals surface area (Å²) in [5.41, 5.74) is 2.85. The van der Waals surface area contributed by atoms with Crippen molar-refractivity contribution < 1.29 is 19.1 Å². The number of hydrogen-bond donors (Lipinski definition) is 2. The average molecular weight is 390 g/mol. The van der Waals surface area contributed by atoms with Crippen molar-refractivity contribution in [2.24, 2.45) is 0 Å². The van der Waals surface area contributed by atoms with Gasteiger partial charge >= 0.3 is 0 Å². The van der Waals surface area contributed by atoms with E-state index in [1.807, 2.05) is 31.2 Å². The molecule has 0 spiro atoms. The molecule has 0 bridgehead atoms. The summed E-state index contributed by atoms with van der Waals surface area (Å²) in [7, 11) is 3.03. The number of hydrogen-bond acceptors (Lipinski definition) is 4. The number of carbonyl (C=O) groups is 2. The summed E-state index contributed by atoms with van der Waals surface area (Å²) in [5, 5.41) is 5.66. The second kappa shape index (κ2) is 8.93. The monoisotopic (exact) mass is 390 g/mol. The molecular weight excluding hydrogens is 368 g/mol. The number of anilines is 2. The van der Waals surface area contributed by atoms with E-state index < -0.39 is 0 Å². The Labute approximate surface area is 169 Å². The number of nitrogens with one attached hydrogen (secondary N) is 2. The predicted octanol–water partition coefficient (Wildman–Crippen LogP) is 4.52. The van der Waals surface area contributed by atoms with Crippen molar-refractivity contribution in [1.29, 1.82) is 0 Å². The van der Waals surface area contributed by atoms with Crippen LogP contribution in [-0.4, -0.2) is 26.0 Å². The van der Waals surface area contributed by atoms with E-state index in [1.54, 1.807) is 42.5 Å². The van der Waals surface area contributed by atoms with Crippen LogP contribution >= 0.6 is 0 Å². The maximum atomic E-state index is 12.8. The molecule has 0 saturated carbocycles. The van der Waals surface area contributed by atoms with Crippen LogP contribution in [0.5, 0.6) is 11.5 Å². The van der Waals surface area contributed by atoms with Crippen LogP contribution in [0.3, 0.4) is 0 Å². The number of ether oxygens (including phenoxy) is 2. The molecule has 148 valence electrons. The Morgan fingerprint density at radius 3 is 2.10 bits per heavy atom. The van der Waals surface area contributed by atoms with Gasteiger partial charge in [-0.15, -0.1) is 0 Å². The molecule has 0 radical (unpaired) electrons. The van der Waals surface area contributed by atoms with Gasteiger partial charge in [0.1, 0.15) is 11.5 Å². The molecule has 0 aromatic heterocycles. The van der Waals surface area contributed by atoms with Crippen molar-refractivity contribution in [3.05, 3.63) is 83.4 Å². The third-order valence-corrected chi connectivity index (χ3v) is 4.31. The number of benzene rings is 3. The summed E-state index contributed by atoms with van der Waals surface area (Å²) in [6.07, 6.45) is 0. The molecule has 0 atom stereocenters. The molecule has 6 nitrogen and oxygen atoms in total. The molecule has 0 unspecified atom stereocenters. The Balaban J connectivity index is 1.83. The topological polar surface area (TPSA) is 76.7 Å². The fraction of sp³-hybridized carbons (Fsp3) is 0.130.